The molecule has 0 amide bonds. The molecule has 6 atom stereocenters. The lowest BCUT2D eigenvalue weighted by Gasteiger charge is -2.38. The minimum Gasteiger partial charge on any atom is -0.479 e. The van der Waals surface area contributed by atoms with E-state index in [9.17, 15) is 34.8 Å². The third-order valence-electron chi connectivity index (χ3n) is 8.46. The fraction of sp³-hybridized carbons (Fsp3) is 0.725. The molecule has 6 unspecified atom stereocenters. The van der Waals surface area contributed by atoms with E-state index in [1.165, 1.54) is 51.4 Å². The number of aliphatic carboxylic acids is 1. The Hall–Kier alpha value is -2.83. The number of hydrogen-bond donors (Lipinski definition) is 4. The number of hydrogen-bond acceptors (Lipinski definition) is 10. The molecule has 51 heavy (non-hydrogen) atoms. The first kappa shape index (κ1) is 46.2. The molecule has 1 aliphatic rings. The highest BCUT2D eigenvalue weighted by Crippen LogP contribution is 2.23. The molecule has 11 heteroatoms. The summed E-state index contributed by atoms with van der Waals surface area (Å²) in [5, 5.41) is 39.6. The van der Waals surface area contributed by atoms with Gasteiger partial charge in [-0.3, -0.25) is 9.59 Å². The van der Waals surface area contributed by atoms with Gasteiger partial charge in [0.1, 0.15) is 24.9 Å². The van der Waals surface area contributed by atoms with Gasteiger partial charge in [-0.05, 0) is 38.5 Å². The van der Waals surface area contributed by atoms with Gasteiger partial charge in [-0.2, -0.15) is 0 Å². The third-order valence-corrected chi connectivity index (χ3v) is 8.46. The summed E-state index contributed by atoms with van der Waals surface area (Å²) < 4.78 is 21.5. The van der Waals surface area contributed by atoms with Crippen molar-refractivity contribution in [1.29, 1.82) is 0 Å². The van der Waals surface area contributed by atoms with Crippen molar-refractivity contribution < 1.29 is 53.8 Å². The van der Waals surface area contributed by atoms with Crippen molar-refractivity contribution in [2.24, 2.45) is 0 Å². The predicted octanol–water partition coefficient (Wildman–Crippen LogP) is 7.03. The van der Waals surface area contributed by atoms with Crippen LogP contribution < -0.4 is 0 Å². The van der Waals surface area contributed by atoms with Crippen LogP contribution in [0.1, 0.15) is 136 Å². The van der Waals surface area contributed by atoms with Crippen molar-refractivity contribution in [2.75, 3.05) is 13.2 Å². The Morgan fingerprint density at radius 1 is 0.627 bits per heavy atom. The molecule has 1 aliphatic heterocycles. The number of carbonyl (C=O) groups excluding carboxylic acids is 2. The Bertz CT molecular complexity index is 1040. The molecule has 0 saturated carbocycles. The van der Waals surface area contributed by atoms with Crippen molar-refractivity contribution in [2.45, 2.75) is 173 Å². The van der Waals surface area contributed by atoms with E-state index in [1.807, 2.05) is 12.2 Å². The van der Waals surface area contributed by atoms with Crippen LogP contribution in [0.5, 0.6) is 0 Å². The molecule has 1 fully saturated rings. The maximum Gasteiger partial charge on any atom is 0.335 e. The van der Waals surface area contributed by atoms with Gasteiger partial charge in [0.05, 0.1) is 6.61 Å². The topological polar surface area (TPSA) is 169 Å². The van der Waals surface area contributed by atoms with Crippen LogP contribution in [-0.4, -0.2) is 88.4 Å². The molecule has 4 N–H and O–H groups in total. The van der Waals surface area contributed by atoms with Crippen LogP contribution in [0.3, 0.4) is 0 Å². The van der Waals surface area contributed by atoms with Crippen LogP contribution in [0.2, 0.25) is 0 Å². The van der Waals surface area contributed by atoms with Gasteiger partial charge < -0.3 is 39.4 Å². The predicted molar refractivity (Wildman–Crippen MR) is 197 cm³/mol. The van der Waals surface area contributed by atoms with E-state index < -0.39 is 61.3 Å². The number of carbonyl (C=O) groups is 3. The summed E-state index contributed by atoms with van der Waals surface area (Å²) in [6.45, 7) is 3.59. The molecule has 0 bridgehead atoms. The second-order valence-electron chi connectivity index (χ2n) is 13.0. The zero-order chi connectivity index (χ0) is 37.5. The van der Waals surface area contributed by atoms with Crippen molar-refractivity contribution in [3.63, 3.8) is 0 Å². The molecule has 1 heterocycles. The number of rotatable bonds is 30. The van der Waals surface area contributed by atoms with E-state index >= 15 is 0 Å². The number of allylic oxidation sites excluding steroid dienone is 8. The van der Waals surface area contributed by atoms with Gasteiger partial charge in [-0.25, -0.2) is 4.79 Å². The maximum absolute atomic E-state index is 12.7. The molecule has 292 valence electrons. The molecule has 0 spiro atoms. The van der Waals surface area contributed by atoms with Crippen LogP contribution in [0.15, 0.2) is 48.6 Å². The average Bonchev–Trinajstić information content (AvgIpc) is 3.11. The van der Waals surface area contributed by atoms with Crippen LogP contribution in [-0.2, 0) is 33.3 Å². The van der Waals surface area contributed by atoms with Gasteiger partial charge in [0.25, 0.3) is 0 Å². The summed E-state index contributed by atoms with van der Waals surface area (Å²) in [7, 11) is 0. The van der Waals surface area contributed by atoms with Crippen LogP contribution in [0, 0.1) is 0 Å². The normalized spacial score (nSPS) is 21.6. The SMILES string of the molecule is CC/C=C\C/C=C\C/C=C\C/C=C\CCC(=O)OCC(COC1OC(C(=O)O)C(O)C(O)C1O)OC(=O)CCCCCCCCCCCCCC. The first-order chi connectivity index (χ1) is 24.7. The van der Waals surface area contributed by atoms with Gasteiger partial charge in [0, 0.05) is 12.8 Å². The molecule has 0 aromatic rings. The van der Waals surface area contributed by atoms with Crippen molar-refractivity contribution in [1.82, 2.24) is 0 Å². The first-order valence-electron chi connectivity index (χ1n) is 19.2. The highest BCUT2D eigenvalue weighted by atomic mass is 16.7. The maximum atomic E-state index is 12.7. The Morgan fingerprint density at radius 2 is 1.16 bits per heavy atom. The summed E-state index contributed by atoms with van der Waals surface area (Å²) in [5.41, 5.74) is 0. The molecule has 0 aliphatic carbocycles. The lowest BCUT2D eigenvalue weighted by Crippen LogP contribution is -2.60. The van der Waals surface area contributed by atoms with Crippen LogP contribution >= 0.6 is 0 Å². The smallest absolute Gasteiger partial charge is 0.335 e. The number of carboxylic acids is 1. The van der Waals surface area contributed by atoms with Crippen molar-refractivity contribution in [3.8, 4) is 0 Å². The van der Waals surface area contributed by atoms with E-state index in [0.29, 0.717) is 12.8 Å². The number of esters is 2. The first-order valence-corrected chi connectivity index (χ1v) is 19.2. The number of unbranched alkanes of at least 4 members (excludes halogenated alkanes) is 11. The van der Waals surface area contributed by atoms with E-state index in [2.05, 4.69) is 50.3 Å². The fourth-order valence-electron chi connectivity index (χ4n) is 5.42. The number of aliphatic hydroxyl groups is 3. The largest absolute Gasteiger partial charge is 0.479 e. The monoisotopic (exact) mass is 722 g/mol. The third kappa shape index (κ3) is 23.4. The number of carboxylic acid groups (broad SMARTS) is 1. The van der Waals surface area contributed by atoms with E-state index in [0.717, 1.165) is 44.9 Å². The number of ether oxygens (including phenoxy) is 4. The lowest BCUT2D eigenvalue weighted by atomic mass is 9.99. The number of aliphatic hydroxyl groups excluding tert-OH is 3. The summed E-state index contributed by atoms with van der Waals surface area (Å²) in [6, 6.07) is 0. The molecule has 1 saturated heterocycles. The van der Waals surface area contributed by atoms with E-state index in [4.69, 9.17) is 18.9 Å². The second-order valence-corrected chi connectivity index (χ2v) is 13.0. The minimum atomic E-state index is -1.87. The Labute approximate surface area is 305 Å². The summed E-state index contributed by atoms with van der Waals surface area (Å²) in [4.78, 5) is 36.5. The lowest BCUT2D eigenvalue weighted by molar-refractivity contribution is -0.298. The highest BCUT2D eigenvalue weighted by Gasteiger charge is 2.47. The molecule has 0 radical (unpaired) electrons. The minimum absolute atomic E-state index is 0.115. The van der Waals surface area contributed by atoms with Crippen LogP contribution in [0.4, 0.5) is 0 Å². The molecule has 11 nitrogen and oxygen atoms in total. The molecule has 0 aromatic carbocycles. The quantitative estimate of drug-likeness (QED) is 0.0341. The molecule has 1 rings (SSSR count). The molecular formula is C40H66O11. The fourth-order valence-corrected chi connectivity index (χ4v) is 5.42. The van der Waals surface area contributed by atoms with Crippen molar-refractivity contribution >= 4 is 17.9 Å². The van der Waals surface area contributed by atoms with Gasteiger partial charge in [-0.1, -0.05) is 133 Å². The molecular weight excluding hydrogens is 656 g/mol. The van der Waals surface area contributed by atoms with Crippen LogP contribution in [0.25, 0.3) is 0 Å². The average molecular weight is 723 g/mol. The Kier molecular flexibility index (Phi) is 27.9. The van der Waals surface area contributed by atoms with Gasteiger partial charge in [0.15, 0.2) is 18.5 Å². The van der Waals surface area contributed by atoms with Gasteiger partial charge in [0.2, 0.25) is 0 Å². The summed E-state index contributed by atoms with van der Waals surface area (Å²) in [5.74, 6) is -2.55. The van der Waals surface area contributed by atoms with E-state index in [-0.39, 0.29) is 19.4 Å². The van der Waals surface area contributed by atoms with Gasteiger partial charge >= 0.3 is 17.9 Å². The Balaban J connectivity index is 2.50. The Morgan fingerprint density at radius 3 is 1.71 bits per heavy atom. The summed E-state index contributed by atoms with van der Waals surface area (Å²) in [6.07, 6.45) is 24.8. The zero-order valence-electron chi connectivity index (χ0n) is 31.1. The van der Waals surface area contributed by atoms with Gasteiger partial charge in [-0.15, -0.1) is 0 Å². The summed E-state index contributed by atoms with van der Waals surface area (Å²) >= 11 is 0. The zero-order valence-corrected chi connectivity index (χ0v) is 31.1. The second kappa shape index (κ2) is 30.8. The highest BCUT2D eigenvalue weighted by molar-refractivity contribution is 5.73. The van der Waals surface area contributed by atoms with Crippen molar-refractivity contribution in [3.05, 3.63) is 48.6 Å². The standard InChI is InChI=1S/C40H66O11/c1-3-5-7-9-11-13-15-17-19-20-22-24-26-28-33(41)48-30-32(31-49-40-37(45)35(43)36(44)38(51-40)39(46)47)50-34(42)29-27-25-23-21-18-16-14-12-10-8-6-4-2/h5,7,11,13,17,19,22,24,32,35-38,40,43-45H,3-4,6,8-10,12,14-16,18,20-21,23,25-31H2,1-2H3,(H,46,47)/b7-5-,13-11-,19-17-,24-22-. The van der Waals surface area contributed by atoms with E-state index in [1.54, 1.807) is 0 Å². The molecule has 0 aromatic heterocycles.